The molecule has 4 aromatic rings. The first kappa shape index (κ1) is 16.9. The van der Waals surface area contributed by atoms with E-state index in [2.05, 4.69) is 4.98 Å². The molecule has 0 bridgehead atoms. The molecule has 0 spiro atoms. The first-order valence-corrected chi connectivity index (χ1v) is 10.1. The fourth-order valence-corrected chi connectivity index (χ4v) is 4.02. The van der Waals surface area contributed by atoms with Crippen molar-refractivity contribution in [3.05, 3.63) is 78.3 Å². The molecule has 0 aliphatic heterocycles. The standard InChI is InChI=1S/C20H16N2O2S2/c1-25-16-10-8-14(9-11-16)19(23)22(13-15-5-4-12-24-15)20-21-17-6-2-3-7-18(17)26-20/h2-12H,13H2,1H3. The second-order valence-electron chi connectivity index (χ2n) is 5.66. The highest BCUT2D eigenvalue weighted by Gasteiger charge is 2.22. The van der Waals surface area contributed by atoms with E-state index in [1.807, 2.05) is 66.9 Å². The predicted molar refractivity (Wildman–Crippen MR) is 107 cm³/mol. The number of thioether (sulfide) groups is 1. The number of fused-ring (bicyclic) bond motifs is 1. The van der Waals surface area contributed by atoms with Gasteiger partial charge in [0, 0.05) is 10.5 Å². The number of nitrogens with zero attached hydrogens (tertiary/aromatic N) is 2. The van der Waals surface area contributed by atoms with Crippen molar-refractivity contribution in [1.82, 2.24) is 4.98 Å². The average Bonchev–Trinajstić information content (AvgIpc) is 3.34. The molecule has 0 atom stereocenters. The summed E-state index contributed by atoms with van der Waals surface area (Å²) in [6.45, 7) is 0.343. The molecule has 2 aromatic carbocycles. The number of carbonyl (C=O) groups excluding carboxylic acids is 1. The summed E-state index contributed by atoms with van der Waals surface area (Å²) < 4.78 is 6.51. The summed E-state index contributed by atoms with van der Waals surface area (Å²) in [6.07, 6.45) is 3.63. The minimum absolute atomic E-state index is 0.0897. The van der Waals surface area contributed by atoms with Gasteiger partial charge in [0.25, 0.3) is 5.91 Å². The van der Waals surface area contributed by atoms with Gasteiger partial charge >= 0.3 is 0 Å². The Morgan fingerprint density at radius 1 is 1.12 bits per heavy atom. The van der Waals surface area contributed by atoms with Crippen LogP contribution in [0.25, 0.3) is 10.2 Å². The lowest BCUT2D eigenvalue weighted by Gasteiger charge is -2.19. The number of hydrogen-bond donors (Lipinski definition) is 0. The minimum atomic E-state index is -0.0897. The number of furan rings is 1. The van der Waals surface area contributed by atoms with Crippen molar-refractivity contribution in [2.24, 2.45) is 0 Å². The second kappa shape index (κ2) is 7.35. The second-order valence-corrected chi connectivity index (χ2v) is 7.55. The van der Waals surface area contributed by atoms with Gasteiger partial charge in [0.1, 0.15) is 5.76 Å². The van der Waals surface area contributed by atoms with E-state index in [1.54, 1.807) is 22.9 Å². The van der Waals surface area contributed by atoms with Gasteiger partial charge in [-0.2, -0.15) is 0 Å². The quantitative estimate of drug-likeness (QED) is 0.431. The smallest absolute Gasteiger partial charge is 0.260 e. The fraction of sp³-hybridized carbons (Fsp3) is 0.100. The van der Waals surface area contributed by atoms with E-state index in [9.17, 15) is 4.79 Å². The maximum Gasteiger partial charge on any atom is 0.260 e. The molecule has 4 nitrogen and oxygen atoms in total. The molecule has 6 heteroatoms. The zero-order valence-electron chi connectivity index (χ0n) is 14.1. The summed E-state index contributed by atoms with van der Waals surface area (Å²) in [5.74, 6) is 0.631. The molecule has 130 valence electrons. The maximum atomic E-state index is 13.2. The van der Waals surface area contributed by atoms with E-state index in [0.29, 0.717) is 17.2 Å². The number of benzene rings is 2. The molecule has 0 radical (unpaired) electrons. The van der Waals surface area contributed by atoms with Crippen LogP contribution in [-0.2, 0) is 6.54 Å². The van der Waals surface area contributed by atoms with Crippen LogP contribution in [0.4, 0.5) is 5.13 Å². The highest BCUT2D eigenvalue weighted by atomic mass is 32.2. The van der Waals surface area contributed by atoms with Crippen molar-refractivity contribution in [2.45, 2.75) is 11.4 Å². The third-order valence-corrected chi connectivity index (χ3v) is 5.79. The van der Waals surface area contributed by atoms with Crippen LogP contribution in [0.15, 0.2) is 76.2 Å². The molecule has 0 saturated heterocycles. The van der Waals surface area contributed by atoms with E-state index in [4.69, 9.17) is 4.42 Å². The van der Waals surface area contributed by atoms with Gasteiger partial charge < -0.3 is 4.42 Å². The Hall–Kier alpha value is -2.57. The lowest BCUT2D eigenvalue weighted by molar-refractivity contribution is 0.0983. The number of rotatable bonds is 5. The van der Waals surface area contributed by atoms with Crippen LogP contribution < -0.4 is 4.90 Å². The Balaban J connectivity index is 1.72. The zero-order valence-corrected chi connectivity index (χ0v) is 15.7. The fourth-order valence-electron chi connectivity index (χ4n) is 2.65. The molecule has 0 aliphatic rings. The van der Waals surface area contributed by atoms with Crippen molar-refractivity contribution in [1.29, 1.82) is 0 Å². The minimum Gasteiger partial charge on any atom is -0.467 e. The Morgan fingerprint density at radius 2 is 1.92 bits per heavy atom. The highest BCUT2D eigenvalue weighted by Crippen LogP contribution is 2.31. The Bertz CT molecular complexity index is 991. The Kier molecular flexibility index (Phi) is 4.77. The van der Waals surface area contributed by atoms with Crippen LogP contribution in [0.2, 0.25) is 0 Å². The van der Waals surface area contributed by atoms with Crippen molar-refractivity contribution >= 4 is 44.4 Å². The van der Waals surface area contributed by atoms with Crippen molar-refractivity contribution in [2.75, 3.05) is 11.2 Å². The van der Waals surface area contributed by atoms with Crippen molar-refractivity contribution in [3.8, 4) is 0 Å². The molecule has 0 aliphatic carbocycles. The summed E-state index contributed by atoms with van der Waals surface area (Å²) >= 11 is 3.16. The average molecular weight is 380 g/mol. The molecule has 0 unspecified atom stereocenters. The molecule has 4 rings (SSSR count). The number of aromatic nitrogens is 1. The Morgan fingerprint density at radius 3 is 2.62 bits per heavy atom. The van der Waals surface area contributed by atoms with E-state index in [-0.39, 0.29) is 5.91 Å². The third kappa shape index (κ3) is 3.38. The van der Waals surface area contributed by atoms with E-state index in [0.717, 1.165) is 20.9 Å². The molecular formula is C20H16N2O2S2. The van der Waals surface area contributed by atoms with Crippen LogP contribution >= 0.6 is 23.1 Å². The van der Waals surface area contributed by atoms with Crippen LogP contribution in [-0.4, -0.2) is 17.1 Å². The zero-order chi connectivity index (χ0) is 17.9. The third-order valence-electron chi connectivity index (χ3n) is 3.99. The topological polar surface area (TPSA) is 46.3 Å². The number of anilines is 1. The van der Waals surface area contributed by atoms with Gasteiger partial charge in [-0.25, -0.2) is 4.98 Å². The lowest BCUT2D eigenvalue weighted by Crippen LogP contribution is -2.30. The number of hydrogen-bond acceptors (Lipinski definition) is 5. The van der Waals surface area contributed by atoms with Crippen LogP contribution in [0, 0.1) is 0 Å². The van der Waals surface area contributed by atoms with Gasteiger partial charge in [-0.3, -0.25) is 9.69 Å². The van der Waals surface area contributed by atoms with Gasteiger partial charge in [-0.05, 0) is 54.8 Å². The molecule has 0 fully saturated rings. The SMILES string of the molecule is CSc1ccc(C(=O)N(Cc2ccco2)c2nc3ccccc3s2)cc1. The molecule has 2 aromatic heterocycles. The summed E-state index contributed by atoms with van der Waals surface area (Å²) in [4.78, 5) is 20.6. The van der Waals surface area contributed by atoms with Crippen LogP contribution in [0.3, 0.4) is 0 Å². The van der Waals surface area contributed by atoms with Gasteiger partial charge in [0.15, 0.2) is 5.13 Å². The number of amides is 1. The number of para-hydroxylation sites is 1. The maximum absolute atomic E-state index is 13.2. The van der Waals surface area contributed by atoms with Gasteiger partial charge in [0.2, 0.25) is 0 Å². The molecule has 1 amide bonds. The first-order valence-electron chi connectivity index (χ1n) is 8.08. The van der Waals surface area contributed by atoms with Gasteiger partial charge in [0.05, 0.1) is 23.0 Å². The monoisotopic (exact) mass is 380 g/mol. The highest BCUT2D eigenvalue weighted by molar-refractivity contribution is 7.98. The van der Waals surface area contributed by atoms with Gasteiger partial charge in [-0.15, -0.1) is 11.8 Å². The van der Waals surface area contributed by atoms with E-state index >= 15 is 0 Å². The Labute approximate surface area is 159 Å². The lowest BCUT2D eigenvalue weighted by atomic mass is 10.2. The summed E-state index contributed by atoms with van der Waals surface area (Å²) in [6, 6.07) is 19.2. The normalized spacial score (nSPS) is 11.0. The molecule has 26 heavy (non-hydrogen) atoms. The summed E-state index contributed by atoms with van der Waals surface area (Å²) in [5.41, 5.74) is 1.52. The van der Waals surface area contributed by atoms with Crippen molar-refractivity contribution < 1.29 is 9.21 Å². The number of carbonyl (C=O) groups is 1. The largest absolute Gasteiger partial charge is 0.467 e. The van der Waals surface area contributed by atoms with E-state index in [1.165, 1.54) is 11.3 Å². The summed E-state index contributed by atoms with van der Waals surface area (Å²) in [5, 5.41) is 0.668. The predicted octanol–water partition coefficient (Wildman–Crippen LogP) is 5.46. The molecular weight excluding hydrogens is 364 g/mol. The van der Waals surface area contributed by atoms with Gasteiger partial charge in [-0.1, -0.05) is 23.5 Å². The van der Waals surface area contributed by atoms with Crippen LogP contribution in [0.5, 0.6) is 0 Å². The van der Waals surface area contributed by atoms with Crippen LogP contribution in [0.1, 0.15) is 16.1 Å². The van der Waals surface area contributed by atoms with Crippen molar-refractivity contribution in [3.63, 3.8) is 0 Å². The van der Waals surface area contributed by atoms with E-state index < -0.39 is 0 Å². The first-order chi connectivity index (χ1) is 12.7. The molecule has 0 N–H and O–H groups in total. The number of thiazole rings is 1. The molecule has 2 heterocycles. The summed E-state index contributed by atoms with van der Waals surface area (Å²) in [7, 11) is 0. The molecule has 0 saturated carbocycles.